The molecule has 3 heteroatoms. The lowest BCUT2D eigenvalue weighted by Gasteiger charge is -2.03. The molecule has 0 N–H and O–H groups in total. The van der Waals surface area contributed by atoms with Crippen molar-refractivity contribution >= 4 is 22.4 Å². The Hall–Kier alpha value is 0.400. The molecule has 0 bridgehead atoms. The van der Waals surface area contributed by atoms with E-state index in [4.69, 9.17) is 0 Å². The van der Waals surface area contributed by atoms with Crippen molar-refractivity contribution < 1.29 is 0 Å². The summed E-state index contributed by atoms with van der Waals surface area (Å²) in [6.07, 6.45) is 1.40. The maximum atomic E-state index is 3.67. The fourth-order valence-corrected chi connectivity index (χ4v) is 1.16. The van der Waals surface area contributed by atoms with Gasteiger partial charge in [0.05, 0.1) is 0 Å². The lowest BCUT2D eigenvalue weighted by atomic mass is 10.2. The summed E-state index contributed by atoms with van der Waals surface area (Å²) in [5.41, 5.74) is 0. The van der Waals surface area contributed by atoms with Gasteiger partial charge in [0.2, 0.25) is 0 Å². The van der Waals surface area contributed by atoms with Crippen LogP contribution in [0.1, 0.15) is 13.3 Å². The molecule has 1 aliphatic heterocycles. The van der Waals surface area contributed by atoms with E-state index in [1.54, 1.807) is 0 Å². The van der Waals surface area contributed by atoms with Crippen molar-refractivity contribution in [3.05, 3.63) is 0 Å². The van der Waals surface area contributed by atoms with Gasteiger partial charge in [0.15, 0.2) is 0 Å². The molecule has 54 valence electrons. The summed E-state index contributed by atoms with van der Waals surface area (Å²) >= 11 is 7.33. The summed E-state index contributed by atoms with van der Waals surface area (Å²) in [7, 11) is 2.18. The van der Waals surface area contributed by atoms with E-state index in [2.05, 4.69) is 41.2 Å². The highest BCUT2D eigenvalue weighted by Crippen LogP contribution is 2.11. The van der Waals surface area contributed by atoms with Crippen LogP contribution in [0.4, 0.5) is 0 Å². The topological polar surface area (TPSA) is 3.24 Å². The minimum absolute atomic E-state index is 0.949. The van der Waals surface area contributed by atoms with E-state index in [1.807, 2.05) is 0 Å². The third-order valence-corrected chi connectivity index (χ3v) is 1.63. The fraction of sp³-hybridized carbons (Fsp3) is 1.00. The summed E-state index contributed by atoms with van der Waals surface area (Å²) in [6, 6.07) is 0. The van der Waals surface area contributed by atoms with Gasteiger partial charge in [-0.15, -0.1) is 0 Å². The lowest BCUT2D eigenvalue weighted by molar-refractivity contribution is 0.402. The van der Waals surface area contributed by atoms with E-state index < -0.39 is 0 Å². The van der Waals surface area contributed by atoms with Gasteiger partial charge in [-0.3, -0.25) is 0 Å². The number of hydrogen-bond donors (Lipinski definition) is 0. The minimum atomic E-state index is 0.949. The molecule has 1 fully saturated rings. The Bertz CT molecular complexity index is 69.5. The second-order valence-corrected chi connectivity index (χ2v) is 2.66. The first-order valence-corrected chi connectivity index (χ1v) is 4.47. The number of hydrogen-bond acceptors (Lipinski definition) is 3. The fourth-order valence-electron chi connectivity index (χ4n) is 1.16. The average Bonchev–Trinajstić information content (AvgIpc) is 2.20. The first-order chi connectivity index (χ1) is 4.29. The first-order valence-electron chi connectivity index (χ1n) is 3.14. The van der Waals surface area contributed by atoms with Crippen LogP contribution < -0.4 is 0 Å². The molecule has 0 aromatic carbocycles. The average molecular weight is 163 g/mol. The van der Waals surface area contributed by atoms with Crippen molar-refractivity contribution in [3.8, 4) is 0 Å². The van der Waals surface area contributed by atoms with Crippen molar-refractivity contribution in [3.63, 3.8) is 0 Å². The lowest BCUT2D eigenvalue weighted by Crippen LogP contribution is -2.12. The standard InChI is InChI=1S/C6H13N.S2/c1-6-3-4-7(2)5-6;1-2/h6H,3-5H2,1-2H3;/t6-;/m0./s1. The number of likely N-dealkylation sites (tertiary alicyclic amines) is 1. The van der Waals surface area contributed by atoms with Crippen LogP contribution in [0.5, 0.6) is 0 Å². The van der Waals surface area contributed by atoms with Gasteiger partial charge in [0.25, 0.3) is 0 Å². The van der Waals surface area contributed by atoms with Gasteiger partial charge in [-0.25, -0.2) is 0 Å². The van der Waals surface area contributed by atoms with Crippen molar-refractivity contribution in [2.75, 3.05) is 20.1 Å². The van der Waals surface area contributed by atoms with Crippen LogP contribution in [0.2, 0.25) is 0 Å². The van der Waals surface area contributed by atoms with Crippen molar-refractivity contribution in [1.82, 2.24) is 4.90 Å². The molecule has 0 radical (unpaired) electrons. The number of rotatable bonds is 0. The Morgan fingerprint density at radius 3 is 2.11 bits per heavy atom. The SMILES string of the molecule is C[C@H]1CCN(C)C1.S=S. The Morgan fingerprint density at radius 1 is 1.44 bits per heavy atom. The van der Waals surface area contributed by atoms with Crippen molar-refractivity contribution in [2.45, 2.75) is 13.3 Å². The van der Waals surface area contributed by atoms with Crippen molar-refractivity contribution in [2.24, 2.45) is 5.92 Å². The third-order valence-electron chi connectivity index (χ3n) is 1.63. The highest BCUT2D eigenvalue weighted by molar-refractivity contribution is 8.07. The predicted molar refractivity (Wildman–Crippen MR) is 46.0 cm³/mol. The van der Waals surface area contributed by atoms with Crippen molar-refractivity contribution in [1.29, 1.82) is 0 Å². The van der Waals surface area contributed by atoms with E-state index in [-0.39, 0.29) is 0 Å². The van der Waals surface area contributed by atoms with Gasteiger partial charge in [-0.2, -0.15) is 0 Å². The third kappa shape index (κ3) is 3.89. The maximum absolute atomic E-state index is 3.67. The zero-order chi connectivity index (χ0) is 7.28. The first kappa shape index (κ1) is 9.40. The molecule has 0 spiro atoms. The summed E-state index contributed by atoms with van der Waals surface area (Å²) in [6.45, 7) is 4.92. The second kappa shape index (κ2) is 5.21. The summed E-state index contributed by atoms with van der Waals surface area (Å²) < 4.78 is 0. The molecule has 1 heterocycles. The highest BCUT2D eigenvalue weighted by Gasteiger charge is 2.13. The van der Waals surface area contributed by atoms with Gasteiger partial charge in [0.1, 0.15) is 0 Å². The Kier molecular flexibility index (Phi) is 5.44. The molecule has 1 rings (SSSR count). The number of nitrogens with zero attached hydrogens (tertiary/aromatic N) is 1. The smallest absolute Gasteiger partial charge is 0.000445 e. The largest absolute Gasteiger partial charge is 0.306 e. The van der Waals surface area contributed by atoms with E-state index in [1.165, 1.54) is 19.5 Å². The molecule has 0 saturated carbocycles. The zero-order valence-electron chi connectivity index (χ0n) is 5.96. The predicted octanol–water partition coefficient (Wildman–Crippen LogP) is 0.953. The molecular formula is C6H13NS2. The minimum Gasteiger partial charge on any atom is -0.306 e. The summed E-state index contributed by atoms with van der Waals surface area (Å²) in [5.74, 6) is 0.949. The normalized spacial score (nSPS) is 27.1. The molecule has 9 heavy (non-hydrogen) atoms. The van der Waals surface area contributed by atoms with Crippen LogP contribution in [-0.4, -0.2) is 25.0 Å². The molecule has 1 nitrogen and oxygen atoms in total. The molecule has 1 aliphatic rings. The molecule has 1 saturated heterocycles. The van der Waals surface area contributed by atoms with Crippen LogP contribution in [0, 0.1) is 5.92 Å². The maximum Gasteiger partial charge on any atom is 0.000445 e. The van der Waals surface area contributed by atoms with Crippen LogP contribution >= 0.6 is 0 Å². The summed E-state index contributed by atoms with van der Waals surface area (Å²) in [5, 5.41) is 0. The quantitative estimate of drug-likeness (QED) is 0.523. The monoisotopic (exact) mass is 163 g/mol. The highest BCUT2D eigenvalue weighted by atomic mass is 32.8. The molecule has 0 aromatic rings. The molecular weight excluding hydrogens is 150 g/mol. The van der Waals surface area contributed by atoms with Crippen LogP contribution in [0.25, 0.3) is 0 Å². The van der Waals surface area contributed by atoms with E-state index in [0.29, 0.717) is 0 Å². The Balaban J connectivity index is 0.000000291. The Morgan fingerprint density at radius 2 is 2.00 bits per heavy atom. The Labute approximate surface area is 67.1 Å². The molecule has 0 amide bonds. The van der Waals surface area contributed by atoms with Crippen LogP contribution in [0.3, 0.4) is 0 Å². The van der Waals surface area contributed by atoms with E-state index >= 15 is 0 Å². The van der Waals surface area contributed by atoms with Crippen LogP contribution in [-0.2, 0) is 22.4 Å². The molecule has 1 atom stereocenters. The molecule has 0 aliphatic carbocycles. The summed E-state index contributed by atoms with van der Waals surface area (Å²) in [4.78, 5) is 2.38. The van der Waals surface area contributed by atoms with Crippen LogP contribution in [0.15, 0.2) is 0 Å². The van der Waals surface area contributed by atoms with E-state index in [9.17, 15) is 0 Å². The van der Waals surface area contributed by atoms with Gasteiger partial charge in [-0.05, 0) is 25.9 Å². The molecule has 0 aromatic heterocycles. The van der Waals surface area contributed by atoms with Gasteiger partial charge < -0.3 is 4.90 Å². The van der Waals surface area contributed by atoms with Gasteiger partial charge in [-0.1, -0.05) is 6.92 Å². The van der Waals surface area contributed by atoms with Gasteiger partial charge in [0, 0.05) is 28.9 Å². The van der Waals surface area contributed by atoms with E-state index in [0.717, 1.165) is 5.92 Å². The zero-order valence-corrected chi connectivity index (χ0v) is 7.60. The second-order valence-electron chi connectivity index (χ2n) is 2.66. The molecule has 0 unspecified atom stereocenters. The van der Waals surface area contributed by atoms with Gasteiger partial charge >= 0.3 is 0 Å².